The zero-order chi connectivity index (χ0) is 22.0. The SMILES string of the molecule is O=C(CSc1nnc(-c2ccccc2)s1)NN=Cc1ccc(OCc2ccccc2)cc1. The quantitative estimate of drug-likeness (QED) is 0.215. The number of hydrogen-bond donors (Lipinski definition) is 1. The molecule has 0 unspecified atom stereocenters. The highest BCUT2D eigenvalue weighted by Gasteiger charge is 2.09. The Morgan fingerprint density at radius 3 is 2.44 bits per heavy atom. The van der Waals surface area contributed by atoms with Gasteiger partial charge in [0, 0.05) is 5.56 Å². The fourth-order valence-corrected chi connectivity index (χ4v) is 4.34. The van der Waals surface area contributed by atoms with Gasteiger partial charge in [-0.15, -0.1) is 10.2 Å². The number of thioether (sulfide) groups is 1. The second-order valence-corrected chi connectivity index (χ2v) is 8.86. The van der Waals surface area contributed by atoms with Gasteiger partial charge in [0.15, 0.2) is 4.34 Å². The molecule has 1 heterocycles. The average Bonchev–Trinajstić information content (AvgIpc) is 3.33. The highest BCUT2D eigenvalue weighted by molar-refractivity contribution is 8.01. The smallest absolute Gasteiger partial charge is 0.250 e. The van der Waals surface area contributed by atoms with Crippen molar-refractivity contribution in [1.82, 2.24) is 15.6 Å². The van der Waals surface area contributed by atoms with E-state index in [0.717, 1.165) is 31.8 Å². The van der Waals surface area contributed by atoms with Crippen LogP contribution in [0.2, 0.25) is 0 Å². The minimum Gasteiger partial charge on any atom is -0.489 e. The van der Waals surface area contributed by atoms with Crippen LogP contribution in [0.4, 0.5) is 0 Å². The third-order valence-corrected chi connectivity index (χ3v) is 6.39. The topological polar surface area (TPSA) is 76.5 Å². The van der Waals surface area contributed by atoms with E-state index in [1.807, 2.05) is 84.9 Å². The Bertz CT molecular complexity index is 1160. The van der Waals surface area contributed by atoms with Crippen LogP contribution >= 0.6 is 23.1 Å². The van der Waals surface area contributed by atoms with Gasteiger partial charge in [-0.05, 0) is 35.4 Å². The average molecular weight is 461 g/mol. The maximum absolute atomic E-state index is 12.0. The van der Waals surface area contributed by atoms with Crippen molar-refractivity contribution < 1.29 is 9.53 Å². The lowest BCUT2D eigenvalue weighted by Crippen LogP contribution is -2.19. The van der Waals surface area contributed by atoms with Crippen molar-refractivity contribution in [3.63, 3.8) is 0 Å². The number of rotatable bonds is 9. The van der Waals surface area contributed by atoms with Crippen LogP contribution in [-0.4, -0.2) is 28.1 Å². The number of amides is 1. The molecule has 0 aliphatic rings. The maximum atomic E-state index is 12.0. The molecule has 1 aromatic heterocycles. The summed E-state index contributed by atoms with van der Waals surface area (Å²) in [7, 11) is 0. The second kappa shape index (κ2) is 11.2. The molecule has 8 heteroatoms. The first-order valence-electron chi connectivity index (χ1n) is 9.87. The van der Waals surface area contributed by atoms with Gasteiger partial charge in [0.25, 0.3) is 5.91 Å². The zero-order valence-electron chi connectivity index (χ0n) is 17.0. The van der Waals surface area contributed by atoms with Gasteiger partial charge in [-0.3, -0.25) is 4.79 Å². The number of nitrogens with zero attached hydrogens (tertiary/aromatic N) is 3. The summed E-state index contributed by atoms with van der Waals surface area (Å²) in [6.45, 7) is 0.517. The van der Waals surface area contributed by atoms with Crippen LogP contribution in [0.3, 0.4) is 0 Å². The monoisotopic (exact) mass is 460 g/mol. The summed E-state index contributed by atoms with van der Waals surface area (Å²) < 4.78 is 6.51. The van der Waals surface area contributed by atoms with Crippen molar-refractivity contribution in [2.45, 2.75) is 10.9 Å². The standard InChI is InChI=1S/C24H20N4O2S2/c29-22(17-31-24-28-27-23(32-24)20-9-5-2-6-10-20)26-25-15-18-11-13-21(14-12-18)30-16-19-7-3-1-4-8-19/h1-15H,16-17H2,(H,26,29). The van der Waals surface area contributed by atoms with E-state index in [2.05, 4.69) is 20.7 Å². The summed E-state index contributed by atoms with van der Waals surface area (Å²) >= 11 is 2.80. The molecule has 1 amide bonds. The molecule has 160 valence electrons. The van der Waals surface area contributed by atoms with Crippen molar-refractivity contribution in [1.29, 1.82) is 0 Å². The number of ether oxygens (including phenoxy) is 1. The molecule has 4 rings (SSSR count). The van der Waals surface area contributed by atoms with Crippen molar-refractivity contribution in [3.05, 3.63) is 96.1 Å². The zero-order valence-corrected chi connectivity index (χ0v) is 18.7. The van der Waals surface area contributed by atoms with Crippen molar-refractivity contribution in [2.24, 2.45) is 5.10 Å². The summed E-state index contributed by atoms with van der Waals surface area (Å²) in [5.41, 5.74) is 5.53. The van der Waals surface area contributed by atoms with Gasteiger partial charge in [-0.1, -0.05) is 83.8 Å². The van der Waals surface area contributed by atoms with E-state index in [4.69, 9.17) is 4.74 Å². The van der Waals surface area contributed by atoms with Gasteiger partial charge in [-0.2, -0.15) is 5.10 Å². The van der Waals surface area contributed by atoms with E-state index in [1.165, 1.54) is 23.1 Å². The summed E-state index contributed by atoms with van der Waals surface area (Å²) in [4.78, 5) is 12.0. The van der Waals surface area contributed by atoms with Gasteiger partial charge in [0.1, 0.15) is 17.4 Å². The first-order chi connectivity index (χ1) is 15.8. The van der Waals surface area contributed by atoms with Crippen LogP contribution in [0.1, 0.15) is 11.1 Å². The third-order valence-electron chi connectivity index (χ3n) is 4.29. The Kier molecular flexibility index (Phi) is 7.62. The van der Waals surface area contributed by atoms with E-state index < -0.39 is 0 Å². The van der Waals surface area contributed by atoms with E-state index >= 15 is 0 Å². The van der Waals surface area contributed by atoms with Crippen LogP contribution < -0.4 is 10.2 Å². The van der Waals surface area contributed by atoms with Gasteiger partial charge in [0.2, 0.25) is 0 Å². The maximum Gasteiger partial charge on any atom is 0.250 e. The minimum absolute atomic E-state index is 0.203. The van der Waals surface area contributed by atoms with E-state index in [9.17, 15) is 4.79 Å². The second-order valence-electron chi connectivity index (χ2n) is 6.66. The molecular formula is C24H20N4O2S2. The molecule has 0 saturated heterocycles. The van der Waals surface area contributed by atoms with Gasteiger partial charge < -0.3 is 4.74 Å². The number of nitrogens with one attached hydrogen (secondary N) is 1. The first-order valence-corrected chi connectivity index (χ1v) is 11.7. The molecule has 32 heavy (non-hydrogen) atoms. The van der Waals surface area contributed by atoms with Crippen LogP contribution in [0.15, 0.2) is 94.4 Å². The fourth-order valence-electron chi connectivity index (χ4n) is 2.69. The van der Waals surface area contributed by atoms with Gasteiger partial charge >= 0.3 is 0 Å². The molecule has 0 aliphatic heterocycles. The van der Waals surface area contributed by atoms with Crippen molar-refractivity contribution in [3.8, 4) is 16.3 Å². The molecule has 1 N–H and O–H groups in total. The first kappa shape index (κ1) is 21.7. The summed E-state index contributed by atoms with van der Waals surface area (Å²) in [5, 5.41) is 13.2. The summed E-state index contributed by atoms with van der Waals surface area (Å²) in [6.07, 6.45) is 1.60. The number of hydrazone groups is 1. The lowest BCUT2D eigenvalue weighted by Gasteiger charge is -2.06. The molecule has 0 radical (unpaired) electrons. The number of aromatic nitrogens is 2. The number of hydrogen-bond acceptors (Lipinski definition) is 7. The summed E-state index contributed by atoms with van der Waals surface area (Å²) in [6, 6.07) is 27.4. The van der Waals surface area contributed by atoms with E-state index in [0.29, 0.717) is 6.61 Å². The molecule has 0 saturated carbocycles. The van der Waals surface area contributed by atoms with Crippen LogP contribution in [-0.2, 0) is 11.4 Å². The van der Waals surface area contributed by atoms with E-state index in [1.54, 1.807) is 6.21 Å². The highest BCUT2D eigenvalue weighted by atomic mass is 32.2. The predicted octanol–water partition coefficient (Wildman–Crippen LogP) is 5.03. The molecule has 0 atom stereocenters. The molecule has 0 spiro atoms. The fraction of sp³-hybridized carbons (Fsp3) is 0.0833. The van der Waals surface area contributed by atoms with Crippen molar-refractivity contribution >= 4 is 35.2 Å². The molecular weight excluding hydrogens is 440 g/mol. The van der Waals surface area contributed by atoms with Crippen LogP contribution in [0, 0.1) is 0 Å². The lowest BCUT2D eigenvalue weighted by atomic mass is 10.2. The molecule has 6 nitrogen and oxygen atoms in total. The van der Waals surface area contributed by atoms with Gasteiger partial charge in [-0.25, -0.2) is 5.43 Å². The Morgan fingerprint density at radius 1 is 0.969 bits per heavy atom. The lowest BCUT2D eigenvalue weighted by molar-refractivity contribution is -0.118. The molecule has 0 aliphatic carbocycles. The third kappa shape index (κ3) is 6.50. The molecule has 0 bridgehead atoms. The minimum atomic E-state index is -0.203. The number of carbonyl (C=O) groups is 1. The van der Waals surface area contributed by atoms with Crippen LogP contribution in [0.5, 0.6) is 5.75 Å². The largest absolute Gasteiger partial charge is 0.489 e. The van der Waals surface area contributed by atoms with E-state index in [-0.39, 0.29) is 11.7 Å². The molecule has 4 aromatic rings. The van der Waals surface area contributed by atoms with Crippen molar-refractivity contribution in [2.75, 3.05) is 5.75 Å². The Labute approximate surface area is 194 Å². The number of benzene rings is 3. The Balaban J connectivity index is 1.20. The predicted molar refractivity (Wildman–Crippen MR) is 129 cm³/mol. The Hall–Kier alpha value is -3.49. The molecule has 0 fully saturated rings. The summed E-state index contributed by atoms with van der Waals surface area (Å²) in [5.74, 6) is 0.788. The molecule has 3 aromatic carbocycles. The Morgan fingerprint density at radius 2 is 1.69 bits per heavy atom. The number of carbonyl (C=O) groups excluding carboxylic acids is 1. The highest BCUT2D eigenvalue weighted by Crippen LogP contribution is 2.28. The van der Waals surface area contributed by atoms with Gasteiger partial charge in [0.05, 0.1) is 12.0 Å². The normalized spacial score (nSPS) is 10.9. The van der Waals surface area contributed by atoms with Crippen LogP contribution in [0.25, 0.3) is 10.6 Å².